The monoisotopic (exact) mass is 442 g/mol. The fraction of sp³-hybridized carbons (Fsp3) is 0.417. The van der Waals surface area contributed by atoms with E-state index in [-0.39, 0.29) is 18.6 Å². The Bertz CT molecular complexity index is 811. The second-order valence-corrected chi connectivity index (χ2v) is 7.28. The molecule has 0 bridgehead atoms. The van der Waals surface area contributed by atoms with Gasteiger partial charge < -0.3 is 30.2 Å². The van der Waals surface area contributed by atoms with Crippen LogP contribution in [-0.4, -0.2) is 58.0 Å². The molecule has 0 aliphatic rings. The van der Waals surface area contributed by atoms with Crippen molar-refractivity contribution in [2.45, 2.75) is 26.4 Å². The second kappa shape index (κ2) is 14.8. The molecule has 32 heavy (non-hydrogen) atoms. The molecule has 2 aromatic carbocycles. The lowest BCUT2D eigenvalue weighted by atomic mass is 10.3. The summed E-state index contributed by atoms with van der Waals surface area (Å²) < 4.78 is 16.1. The van der Waals surface area contributed by atoms with Crippen LogP contribution in [0.15, 0.2) is 59.6 Å². The molecule has 0 atom stereocenters. The molecule has 0 aliphatic carbocycles. The number of nitrogens with zero attached hydrogens (tertiary/aromatic N) is 1. The number of nitrogens with one attached hydrogen (secondary N) is 3. The summed E-state index contributed by atoms with van der Waals surface area (Å²) in [6.07, 6.45) is 0.906. The largest absolute Gasteiger partial charge is 0.491 e. The number of anilines is 2. The minimum Gasteiger partial charge on any atom is -0.491 e. The summed E-state index contributed by atoms with van der Waals surface area (Å²) in [5.41, 5.74) is 1.58. The maximum absolute atomic E-state index is 12.3. The molecule has 2 aromatic rings. The number of ether oxygens (including phenoxy) is 3. The summed E-state index contributed by atoms with van der Waals surface area (Å²) in [7, 11) is 1.65. The van der Waals surface area contributed by atoms with Gasteiger partial charge in [-0.2, -0.15) is 0 Å². The van der Waals surface area contributed by atoms with E-state index in [0.717, 1.165) is 23.5 Å². The summed E-state index contributed by atoms with van der Waals surface area (Å²) in [5, 5.41) is 9.31. The standard InChI is InChI=1S/C24H34N4O4/c1-19(2)32-22-12-10-21(11-13-22)28-24(25-14-7-15-31-17-16-30-3)26-18-23(29)27-20-8-5-4-6-9-20/h4-6,8-13,19H,7,14-18H2,1-3H3,(H,27,29)(H2,25,26,28). The topological polar surface area (TPSA) is 93.2 Å². The quantitative estimate of drug-likeness (QED) is 0.250. The number of hydrogen-bond donors (Lipinski definition) is 3. The smallest absolute Gasteiger partial charge is 0.246 e. The zero-order valence-corrected chi connectivity index (χ0v) is 19.1. The molecule has 0 aromatic heterocycles. The Morgan fingerprint density at radius 2 is 1.66 bits per heavy atom. The molecule has 2 rings (SSSR count). The van der Waals surface area contributed by atoms with Crippen LogP contribution in [0.2, 0.25) is 0 Å². The number of guanidine groups is 1. The molecule has 0 heterocycles. The molecule has 0 radical (unpaired) electrons. The summed E-state index contributed by atoms with van der Waals surface area (Å²) in [5.74, 6) is 1.12. The molecule has 0 fully saturated rings. The average molecular weight is 443 g/mol. The van der Waals surface area contributed by atoms with Gasteiger partial charge in [-0.25, -0.2) is 4.99 Å². The highest BCUT2D eigenvalue weighted by molar-refractivity contribution is 5.97. The van der Waals surface area contributed by atoms with Crippen LogP contribution in [0.5, 0.6) is 5.75 Å². The summed E-state index contributed by atoms with van der Waals surface area (Å²) >= 11 is 0. The molecular weight excluding hydrogens is 408 g/mol. The van der Waals surface area contributed by atoms with Crippen LogP contribution in [0, 0.1) is 0 Å². The molecular formula is C24H34N4O4. The molecule has 0 saturated heterocycles. The Kier molecular flexibility index (Phi) is 11.7. The van der Waals surface area contributed by atoms with E-state index in [1.54, 1.807) is 7.11 Å². The lowest BCUT2D eigenvalue weighted by molar-refractivity contribution is -0.114. The van der Waals surface area contributed by atoms with E-state index in [0.29, 0.717) is 32.3 Å². The number of methoxy groups -OCH3 is 1. The van der Waals surface area contributed by atoms with Crippen molar-refractivity contribution < 1.29 is 19.0 Å². The van der Waals surface area contributed by atoms with Gasteiger partial charge in [0.25, 0.3) is 0 Å². The molecule has 0 saturated carbocycles. The van der Waals surface area contributed by atoms with Crippen LogP contribution in [0.25, 0.3) is 0 Å². The van der Waals surface area contributed by atoms with E-state index in [4.69, 9.17) is 14.2 Å². The van der Waals surface area contributed by atoms with Crippen molar-refractivity contribution in [1.29, 1.82) is 0 Å². The molecule has 0 aliphatic heterocycles. The van der Waals surface area contributed by atoms with Gasteiger partial charge in [-0.05, 0) is 56.7 Å². The number of para-hydroxylation sites is 1. The maximum atomic E-state index is 12.3. The first-order valence-electron chi connectivity index (χ1n) is 10.8. The normalized spacial score (nSPS) is 11.3. The number of carbonyl (C=O) groups is 1. The van der Waals surface area contributed by atoms with Gasteiger partial charge >= 0.3 is 0 Å². The number of amides is 1. The molecule has 0 spiro atoms. The highest BCUT2D eigenvalue weighted by Gasteiger charge is 2.05. The summed E-state index contributed by atoms with van der Waals surface area (Å²) in [4.78, 5) is 16.7. The zero-order valence-electron chi connectivity index (χ0n) is 19.1. The van der Waals surface area contributed by atoms with Crippen LogP contribution in [0.4, 0.5) is 11.4 Å². The summed E-state index contributed by atoms with van der Waals surface area (Å²) in [6, 6.07) is 16.9. The maximum Gasteiger partial charge on any atom is 0.246 e. The minimum atomic E-state index is -0.194. The van der Waals surface area contributed by atoms with Crippen LogP contribution < -0.4 is 20.7 Å². The predicted molar refractivity (Wildman–Crippen MR) is 129 cm³/mol. The van der Waals surface area contributed by atoms with Gasteiger partial charge in [-0.15, -0.1) is 0 Å². The average Bonchev–Trinajstić information content (AvgIpc) is 2.78. The Labute approximate surface area is 190 Å². The van der Waals surface area contributed by atoms with Gasteiger partial charge in [-0.1, -0.05) is 18.2 Å². The first kappa shape index (κ1) is 25.2. The van der Waals surface area contributed by atoms with Gasteiger partial charge in [0.15, 0.2) is 5.96 Å². The molecule has 8 nitrogen and oxygen atoms in total. The Morgan fingerprint density at radius 3 is 2.34 bits per heavy atom. The van der Waals surface area contributed by atoms with Crippen molar-refractivity contribution in [3.8, 4) is 5.75 Å². The number of aliphatic imine (C=N–C) groups is 1. The van der Waals surface area contributed by atoms with E-state index in [1.807, 2.05) is 68.4 Å². The van der Waals surface area contributed by atoms with Gasteiger partial charge in [0.1, 0.15) is 12.3 Å². The first-order valence-corrected chi connectivity index (χ1v) is 10.8. The Morgan fingerprint density at radius 1 is 0.938 bits per heavy atom. The zero-order chi connectivity index (χ0) is 23.0. The van der Waals surface area contributed by atoms with Gasteiger partial charge in [0.05, 0.1) is 19.3 Å². The third kappa shape index (κ3) is 10.8. The van der Waals surface area contributed by atoms with Crippen molar-refractivity contribution in [1.82, 2.24) is 5.32 Å². The van der Waals surface area contributed by atoms with Crippen molar-refractivity contribution in [3.05, 3.63) is 54.6 Å². The van der Waals surface area contributed by atoms with Crippen molar-refractivity contribution in [2.24, 2.45) is 4.99 Å². The van der Waals surface area contributed by atoms with E-state index < -0.39 is 0 Å². The highest BCUT2D eigenvalue weighted by Crippen LogP contribution is 2.16. The first-order chi connectivity index (χ1) is 15.6. The van der Waals surface area contributed by atoms with Crippen LogP contribution in [0.1, 0.15) is 20.3 Å². The molecule has 1 amide bonds. The fourth-order valence-electron chi connectivity index (χ4n) is 2.66. The number of benzene rings is 2. The van der Waals surface area contributed by atoms with Crippen LogP contribution in [-0.2, 0) is 14.3 Å². The molecule has 3 N–H and O–H groups in total. The van der Waals surface area contributed by atoms with E-state index in [1.165, 1.54) is 0 Å². The number of hydrogen-bond acceptors (Lipinski definition) is 5. The van der Waals surface area contributed by atoms with Crippen LogP contribution in [0.3, 0.4) is 0 Å². The number of carbonyl (C=O) groups excluding carboxylic acids is 1. The van der Waals surface area contributed by atoms with Crippen molar-refractivity contribution in [2.75, 3.05) is 50.7 Å². The number of rotatable bonds is 13. The Balaban J connectivity index is 1.91. The predicted octanol–water partition coefficient (Wildman–Crippen LogP) is 3.52. The second-order valence-electron chi connectivity index (χ2n) is 7.28. The lowest BCUT2D eigenvalue weighted by Gasteiger charge is -2.14. The van der Waals surface area contributed by atoms with E-state index in [2.05, 4.69) is 20.9 Å². The fourth-order valence-corrected chi connectivity index (χ4v) is 2.66. The molecule has 0 unspecified atom stereocenters. The van der Waals surface area contributed by atoms with Crippen molar-refractivity contribution >= 4 is 23.2 Å². The lowest BCUT2D eigenvalue weighted by Crippen LogP contribution is -2.33. The SMILES string of the molecule is COCCOCCCNC(=NCC(=O)Nc1ccccc1)Nc1ccc(OC(C)C)cc1. The Hall–Kier alpha value is -3.10. The van der Waals surface area contributed by atoms with Crippen molar-refractivity contribution in [3.63, 3.8) is 0 Å². The third-order valence-electron chi connectivity index (χ3n) is 4.12. The van der Waals surface area contributed by atoms with Gasteiger partial charge in [0.2, 0.25) is 5.91 Å². The summed E-state index contributed by atoms with van der Waals surface area (Å²) in [6.45, 7) is 6.37. The molecule has 8 heteroatoms. The molecule has 174 valence electrons. The highest BCUT2D eigenvalue weighted by atomic mass is 16.5. The van der Waals surface area contributed by atoms with Crippen LogP contribution >= 0.6 is 0 Å². The van der Waals surface area contributed by atoms with Gasteiger partial charge in [-0.3, -0.25) is 4.79 Å². The van der Waals surface area contributed by atoms with E-state index in [9.17, 15) is 4.79 Å². The van der Waals surface area contributed by atoms with E-state index >= 15 is 0 Å². The minimum absolute atomic E-state index is 0.0108. The third-order valence-corrected chi connectivity index (χ3v) is 4.12. The van der Waals surface area contributed by atoms with Gasteiger partial charge in [0, 0.05) is 31.6 Å².